The van der Waals surface area contributed by atoms with Gasteiger partial charge in [0, 0.05) is 71.7 Å². The summed E-state index contributed by atoms with van der Waals surface area (Å²) in [4.78, 5) is 60.0. The molecule has 2 N–H and O–H groups in total. The summed E-state index contributed by atoms with van der Waals surface area (Å²) in [6.45, 7) is 12.2. The molecule has 1 aliphatic carbocycles. The molecule has 4 heterocycles. The minimum Gasteiger partial charge on any atom is -0.481 e. The van der Waals surface area contributed by atoms with Gasteiger partial charge in [0.05, 0.1) is 35.8 Å². The number of halogens is 3. The van der Waals surface area contributed by atoms with E-state index in [0.29, 0.717) is 58.8 Å². The number of ether oxygens (including phenoxy) is 3. The maximum atomic E-state index is 16.3. The molecular formula is C47H54Cl2FN7O8. The number of pyridine rings is 1. The zero-order valence-corrected chi connectivity index (χ0v) is 39.4. The molecular weight excluding hydrogens is 880 g/mol. The molecule has 1 atom stereocenters. The van der Waals surface area contributed by atoms with Crippen molar-refractivity contribution in [3.8, 4) is 39.4 Å². The number of carbonyl (C=O) groups is 3. The second-order valence-electron chi connectivity index (χ2n) is 19.0. The molecule has 1 saturated heterocycles. The molecule has 1 saturated carbocycles. The van der Waals surface area contributed by atoms with E-state index in [1.165, 1.54) is 32.1 Å². The van der Waals surface area contributed by atoms with Gasteiger partial charge in [0.2, 0.25) is 11.8 Å². The molecule has 5 aromatic rings. The summed E-state index contributed by atoms with van der Waals surface area (Å²) < 4.78 is 36.1. The summed E-state index contributed by atoms with van der Waals surface area (Å²) >= 11 is 14.3. The van der Waals surface area contributed by atoms with Crippen LogP contribution in [0.5, 0.6) is 5.88 Å². The highest BCUT2D eigenvalue weighted by atomic mass is 35.5. The number of rotatable bonds is 11. The first-order valence-electron chi connectivity index (χ1n) is 21.3. The van der Waals surface area contributed by atoms with Gasteiger partial charge in [-0.1, -0.05) is 59.6 Å². The van der Waals surface area contributed by atoms with Crippen molar-refractivity contribution in [2.75, 3.05) is 13.7 Å². The van der Waals surface area contributed by atoms with Crippen LogP contribution in [0.4, 0.5) is 14.0 Å². The predicted octanol–water partition coefficient (Wildman–Crippen LogP) is 8.55. The van der Waals surface area contributed by atoms with Gasteiger partial charge in [-0.15, -0.1) is 0 Å². The highest BCUT2D eigenvalue weighted by Crippen LogP contribution is 2.43. The Morgan fingerprint density at radius 3 is 2.12 bits per heavy atom. The first-order valence-corrected chi connectivity index (χ1v) is 22.1. The van der Waals surface area contributed by atoms with Crippen molar-refractivity contribution in [3.05, 3.63) is 92.3 Å². The zero-order chi connectivity index (χ0) is 47.3. The van der Waals surface area contributed by atoms with E-state index in [1.54, 1.807) is 104 Å². The Balaban J connectivity index is 1.19. The van der Waals surface area contributed by atoms with Gasteiger partial charge in [-0.3, -0.25) is 19.1 Å². The number of hydrogen-bond donors (Lipinski definition) is 2. The lowest BCUT2D eigenvalue weighted by atomic mass is 9.76. The number of aliphatic hydroxyl groups is 1. The molecule has 0 spiro atoms. The number of carbonyl (C=O) groups excluding carboxylic acids is 3. The molecule has 0 unspecified atom stereocenters. The van der Waals surface area contributed by atoms with Crippen LogP contribution in [0.15, 0.2) is 59.5 Å². The lowest BCUT2D eigenvalue weighted by molar-refractivity contribution is -0.119. The molecule has 15 nitrogen and oxygen atoms in total. The fourth-order valence-corrected chi connectivity index (χ4v) is 8.80. The highest BCUT2D eigenvalue weighted by molar-refractivity contribution is 6.39. The van der Waals surface area contributed by atoms with Gasteiger partial charge in [0.25, 0.3) is 5.56 Å². The van der Waals surface area contributed by atoms with Crippen LogP contribution in [0.2, 0.25) is 10.0 Å². The third-order valence-electron chi connectivity index (χ3n) is 11.3. The van der Waals surface area contributed by atoms with E-state index in [1.807, 2.05) is 0 Å². The largest absolute Gasteiger partial charge is 0.481 e. The number of nitrogens with zero attached hydrogens (tertiary/aromatic N) is 6. The van der Waals surface area contributed by atoms with Crippen molar-refractivity contribution in [1.82, 2.24) is 34.3 Å². The third-order valence-corrected chi connectivity index (χ3v) is 12.1. The summed E-state index contributed by atoms with van der Waals surface area (Å²) in [5.74, 6) is -0.471. The molecule has 1 aliphatic heterocycles. The summed E-state index contributed by atoms with van der Waals surface area (Å²) in [6, 6.07) is 12.7. The average molecular weight is 935 g/mol. The quantitative estimate of drug-likeness (QED) is 0.131. The standard InChI is InChI=1S/C47H54Cl2FN7O8/c1-45(2,3)64-43(60)55(24-28-16-17-37(58)51-28)22-27-18-34(50)40(52-41(27)63-9)33-15-11-14-32(39(33)49)31-13-10-12-30(38(31)48)26-19-35-42(59)54(8)36(53-57(35)23-26)25-56(29-20-47(7,62)21-29)44(61)65-46(4,5)6/h10-15,18-19,23,28-29,62H,16-17,20-22,24-25H2,1-9H3,(H,51,58)/t28-,29?,47?/m0/s1. The van der Waals surface area contributed by atoms with Gasteiger partial charge < -0.3 is 29.5 Å². The molecule has 3 amide bonds. The lowest BCUT2D eigenvalue weighted by Gasteiger charge is -2.46. The van der Waals surface area contributed by atoms with E-state index in [9.17, 15) is 24.3 Å². The lowest BCUT2D eigenvalue weighted by Crippen LogP contribution is -2.56. The smallest absolute Gasteiger partial charge is 0.410 e. The van der Waals surface area contributed by atoms with Gasteiger partial charge in [-0.25, -0.2) is 23.5 Å². The maximum absolute atomic E-state index is 16.3. The van der Waals surface area contributed by atoms with Gasteiger partial charge in [0.1, 0.15) is 28.2 Å². The van der Waals surface area contributed by atoms with E-state index >= 15 is 4.39 Å². The zero-order valence-electron chi connectivity index (χ0n) is 37.9. The van der Waals surface area contributed by atoms with Crippen molar-refractivity contribution < 1.29 is 38.1 Å². The normalized spacial score (nSPS) is 18.6. The number of methoxy groups -OCH3 is 1. The van der Waals surface area contributed by atoms with Crippen molar-refractivity contribution in [2.24, 2.45) is 7.05 Å². The fraction of sp³-hybridized carbons (Fsp3) is 0.447. The molecule has 7 rings (SSSR count). The van der Waals surface area contributed by atoms with Gasteiger partial charge >= 0.3 is 12.2 Å². The molecule has 3 aromatic heterocycles. The first kappa shape index (κ1) is 47.3. The predicted molar refractivity (Wildman–Crippen MR) is 244 cm³/mol. The second-order valence-corrected chi connectivity index (χ2v) is 19.7. The minimum absolute atomic E-state index is 0.0359. The Labute approximate surface area is 386 Å². The molecule has 2 aliphatic rings. The van der Waals surface area contributed by atoms with E-state index in [-0.39, 0.29) is 76.4 Å². The van der Waals surface area contributed by atoms with E-state index in [0.717, 1.165) is 0 Å². The SMILES string of the molecule is COc1nc(-c2cccc(-c3cccc(-c4cc5c(=O)n(C)c(CN(C(=O)OC(C)(C)C)C6CC(C)(O)C6)nn5c4)c3Cl)c2Cl)c(F)cc1CN(C[C@@H]1CCC(=O)N1)C(=O)OC(C)(C)C. The highest BCUT2D eigenvalue weighted by Gasteiger charge is 2.45. The van der Waals surface area contributed by atoms with Crippen LogP contribution in [0, 0.1) is 5.82 Å². The maximum Gasteiger partial charge on any atom is 0.410 e. The Morgan fingerprint density at radius 2 is 1.54 bits per heavy atom. The van der Waals surface area contributed by atoms with Crippen molar-refractivity contribution in [2.45, 2.75) is 116 Å². The van der Waals surface area contributed by atoms with Gasteiger partial charge in [-0.05, 0) is 79.9 Å². The number of hydrogen-bond acceptors (Lipinski definition) is 10. The van der Waals surface area contributed by atoms with E-state index in [4.69, 9.17) is 42.5 Å². The fourth-order valence-electron chi connectivity index (χ4n) is 8.14. The second kappa shape index (κ2) is 17.9. The molecule has 65 heavy (non-hydrogen) atoms. The van der Waals surface area contributed by atoms with E-state index in [2.05, 4.69) is 10.3 Å². The Morgan fingerprint density at radius 1 is 0.938 bits per heavy atom. The molecule has 346 valence electrons. The topological polar surface area (TPSA) is 170 Å². The van der Waals surface area contributed by atoms with Crippen molar-refractivity contribution in [1.29, 1.82) is 0 Å². The third kappa shape index (κ3) is 10.4. The summed E-state index contributed by atoms with van der Waals surface area (Å²) in [7, 11) is 2.98. The number of amides is 3. The molecule has 18 heteroatoms. The van der Waals surface area contributed by atoms with Gasteiger partial charge in [0.15, 0.2) is 5.82 Å². The van der Waals surface area contributed by atoms with Crippen molar-refractivity contribution in [3.63, 3.8) is 0 Å². The summed E-state index contributed by atoms with van der Waals surface area (Å²) in [6.07, 6.45) is 2.04. The van der Waals surface area contributed by atoms with Crippen LogP contribution in [0.25, 0.3) is 39.0 Å². The average Bonchev–Trinajstić information content (AvgIpc) is 3.82. The van der Waals surface area contributed by atoms with Crippen LogP contribution >= 0.6 is 23.2 Å². The summed E-state index contributed by atoms with van der Waals surface area (Å²) in [5.41, 5.74) is -0.000410. The van der Waals surface area contributed by atoms with Crippen LogP contribution in [-0.4, -0.2) is 94.7 Å². The van der Waals surface area contributed by atoms with Crippen molar-refractivity contribution >= 4 is 46.8 Å². The Hall–Kier alpha value is -5.71. The number of benzene rings is 2. The number of aromatic nitrogens is 4. The van der Waals surface area contributed by atoms with Crippen LogP contribution in [0.3, 0.4) is 0 Å². The van der Waals surface area contributed by atoms with E-state index < -0.39 is 34.8 Å². The first-order chi connectivity index (χ1) is 30.4. The van der Waals surface area contributed by atoms with Crippen LogP contribution in [0.1, 0.15) is 85.5 Å². The Kier molecular flexibility index (Phi) is 13.0. The minimum atomic E-state index is -0.915. The van der Waals surface area contributed by atoms with Crippen LogP contribution in [-0.2, 0) is 34.4 Å². The summed E-state index contributed by atoms with van der Waals surface area (Å²) in [5, 5.41) is 18.6. The van der Waals surface area contributed by atoms with Gasteiger partial charge in [-0.2, -0.15) is 5.10 Å². The molecule has 2 fully saturated rings. The monoisotopic (exact) mass is 933 g/mol. The number of fused-ring (bicyclic) bond motifs is 1. The molecule has 2 aromatic carbocycles. The molecule has 0 bridgehead atoms. The number of nitrogens with one attached hydrogen (secondary N) is 1. The van der Waals surface area contributed by atoms with Crippen LogP contribution < -0.4 is 15.6 Å². The molecule has 0 radical (unpaired) electrons. The Bertz CT molecular complexity index is 2730.